The van der Waals surface area contributed by atoms with E-state index in [-0.39, 0.29) is 17.7 Å². The molecule has 2 amide bonds. The van der Waals surface area contributed by atoms with Gasteiger partial charge in [-0.25, -0.2) is 0 Å². The van der Waals surface area contributed by atoms with Crippen molar-refractivity contribution >= 4 is 11.8 Å². The largest absolute Gasteiger partial charge is 0.349 e. The van der Waals surface area contributed by atoms with Crippen molar-refractivity contribution in [2.24, 2.45) is 17.6 Å². The molecule has 0 bridgehead atoms. The molecule has 0 radical (unpaired) electrons. The maximum Gasteiger partial charge on any atom is 0.242 e. The van der Waals surface area contributed by atoms with E-state index in [4.69, 9.17) is 5.73 Å². The van der Waals surface area contributed by atoms with E-state index in [1.165, 1.54) is 6.42 Å². The van der Waals surface area contributed by atoms with Crippen LogP contribution in [0.2, 0.25) is 0 Å². The monoisotopic (exact) mass is 295 g/mol. The number of nitrogens with two attached hydrogens (primary N) is 1. The minimum atomic E-state index is -0.671. The Balaban J connectivity index is 1.92. The second-order valence-corrected chi connectivity index (χ2v) is 7.16. The van der Waals surface area contributed by atoms with E-state index >= 15 is 0 Å². The van der Waals surface area contributed by atoms with E-state index in [2.05, 4.69) is 6.92 Å². The van der Waals surface area contributed by atoms with Crippen molar-refractivity contribution in [1.82, 2.24) is 9.80 Å². The van der Waals surface area contributed by atoms with Gasteiger partial charge in [0, 0.05) is 33.1 Å². The third-order valence-corrected chi connectivity index (χ3v) is 5.03. The summed E-state index contributed by atoms with van der Waals surface area (Å²) < 4.78 is 0. The zero-order valence-electron chi connectivity index (χ0n) is 13.6. The van der Waals surface area contributed by atoms with Crippen LogP contribution in [0.15, 0.2) is 0 Å². The molecule has 5 heteroatoms. The number of hydrogen-bond acceptors (Lipinski definition) is 3. The fraction of sp³-hybridized carbons (Fsp3) is 0.875. The third kappa shape index (κ3) is 3.57. The van der Waals surface area contributed by atoms with Crippen LogP contribution in [0.4, 0.5) is 0 Å². The third-order valence-electron chi connectivity index (χ3n) is 5.03. The average molecular weight is 295 g/mol. The molecule has 2 aliphatic rings. The van der Waals surface area contributed by atoms with Gasteiger partial charge in [0.25, 0.3) is 0 Å². The molecular formula is C16H29N3O2. The number of carbonyl (C=O) groups is 2. The van der Waals surface area contributed by atoms with Gasteiger partial charge in [-0.15, -0.1) is 0 Å². The van der Waals surface area contributed by atoms with Gasteiger partial charge in [0.15, 0.2) is 0 Å². The number of likely N-dealkylation sites (tertiary alicyclic amines) is 1. The van der Waals surface area contributed by atoms with E-state index in [1.807, 2.05) is 4.90 Å². The molecule has 2 N–H and O–H groups in total. The summed E-state index contributed by atoms with van der Waals surface area (Å²) in [6.45, 7) is 3.50. The van der Waals surface area contributed by atoms with Gasteiger partial charge >= 0.3 is 0 Å². The highest BCUT2D eigenvalue weighted by Crippen LogP contribution is 2.33. The quantitative estimate of drug-likeness (QED) is 0.833. The van der Waals surface area contributed by atoms with Crippen molar-refractivity contribution in [3.8, 4) is 0 Å². The smallest absolute Gasteiger partial charge is 0.242 e. The molecule has 0 aromatic heterocycles. The fourth-order valence-electron chi connectivity index (χ4n) is 3.80. The number of hydrogen-bond donors (Lipinski definition) is 1. The first kappa shape index (κ1) is 16.3. The zero-order chi connectivity index (χ0) is 15.6. The highest BCUT2D eigenvalue weighted by Gasteiger charge is 2.41. The first-order chi connectivity index (χ1) is 9.83. The number of piperidine rings is 1. The Morgan fingerprint density at radius 2 is 1.81 bits per heavy atom. The lowest BCUT2D eigenvalue weighted by molar-refractivity contribution is -0.143. The van der Waals surface area contributed by atoms with Crippen LogP contribution >= 0.6 is 0 Å². The summed E-state index contributed by atoms with van der Waals surface area (Å²) in [6, 6.07) is 0. The first-order valence-corrected chi connectivity index (χ1v) is 8.13. The van der Waals surface area contributed by atoms with Gasteiger partial charge in [-0.1, -0.05) is 19.8 Å². The van der Waals surface area contributed by atoms with Crippen molar-refractivity contribution in [2.45, 2.75) is 51.0 Å². The van der Waals surface area contributed by atoms with Crippen molar-refractivity contribution in [1.29, 1.82) is 0 Å². The Morgan fingerprint density at radius 3 is 2.33 bits per heavy atom. The second-order valence-electron chi connectivity index (χ2n) is 7.16. The molecule has 120 valence electrons. The predicted molar refractivity (Wildman–Crippen MR) is 82.5 cm³/mol. The summed E-state index contributed by atoms with van der Waals surface area (Å²) in [5.74, 6) is 0.865. The molecule has 1 aliphatic heterocycles. The molecular weight excluding hydrogens is 266 g/mol. The minimum Gasteiger partial charge on any atom is -0.349 e. The molecule has 2 fully saturated rings. The maximum absolute atomic E-state index is 12.7. The first-order valence-electron chi connectivity index (χ1n) is 8.13. The number of rotatable bonds is 2. The molecule has 0 aromatic carbocycles. The van der Waals surface area contributed by atoms with Crippen LogP contribution in [0.25, 0.3) is 0 Å². The topological polar surface area (TPSA) is 66.6 Å². The molecule has 21 heavy (non-hydrogen) atoms. The Morgan fingerprint density at radius 1 is 1.19 bits per heavy atom. The summed E-state index contributed by atoms with van der Waals surface area (Å²) in [5.41, 5.74) is 5.73. The van der Waals surface area contributed by atoms with Crippen molar-refractivity contribution < 1.29 is 9.59 Å². The second kappa shape index (κ2) is 6.34. The summed E-state index contributed by atoms with van der Waals surface area (Å²) in [4.78, 5) is 28.3. The molecule has 1 saturated heterocycles. The van der Waals surface area contributed by atoms with Gasteiger partial charge in [-0.2, -0.15) is 0 Å². The molecule has 1 aliphatic carbocycles. The van der Waals surface area contributed by atoms with Gasteiger partial charge in [0.05, 0.1) is 5.54 Å². The highest BCUT2D eigenvalue weighted by atomic mass is 16.2. The Hall–Kier alpha value is -1.10. The number of carbonyl (C=O) groups excluding carboxylic acids is 2. The van der Waals surface area contributed by atoms with Crippen LogP contribution in [0, 0.1) is 11.8 Å². The lowest BCUT2D eigenvalue weighted by Crippen LogP contribution is -2.59. The normalized spacial score (nSPS) is 31.0. The van der Waals surface area contributed by atoms with E-state index in [1.54, 1.807) is 19.0 Å². The Kier molecular flexibility index (Phi) is 4.91. The summed E-state index contributed by atoms with van der Waals surface area (Å²) in [7, 11) is 3.58. The predicted octanol–water partition coefficient (Wildman–Crippen LogP) is 1.22. The number of amides is 2. The molecule has 0 aromatic rings. The van der Waals surface area contributed by atoms with Crippen LogP contribution in [0.1, 0.15) is 45.4 Å². The van der Waals surface area contributed by atoms with E-state index < -0.39 is 5.54 Å². The summed E-state index contributed by atoms with van der Waals surface area (Å²) in [5, 5.41) is 0. The standard InChI is InChI=1S/C16H29N3O2/c1-12-5-4-8-16(17,11-12)15(21)19-9-6-13(7-10-19)14(20)18(2)3/h12-13H,4-11,17H2,1-3H3. The average Bonchev–Trinajstić information content (AvgIpc) is 2.45. The van der Waals surface area contributed by atoms with E-state index in [0.29, 0.717) is 19.0 Å². The molecule has 2 atom stereocenters. The van der Waals surface area contributed by atoms with E-state index in [9.17, 15) is 9.59 Å². The lowest BCUT2D eigenvalue weighted by Gasteiger charge is -2.41. The Bertz CT molecular complexity index is 402. The molecule has 2 unspecified atom stereocenters. The SMILES string of the molecule is CC1CCCC(N)(C(=O)N2CCC(C(=O)N(C)C)CC2)C1. The van der Waals surface area contributed by atoms with Crippen LogP contribution in [-0.4, -0.2) is 54.3 Å². The van der Waals surface area contributed by atoms with Gasteiger partial charge in [-0.05, 0) is 31.6 Å². The number of nitrogens with zero attached hydrogens (tertiary/aromatic N) is 2. The summed E-state index contributed by atoms with van der Waals surface area (Å²) in [6.07, 6.45) is 5.32. The van der Waals surface area contributed by atoms with Crippen LogP contribution in [0.3, 0.4) is 0 Å². The van der Waals surface area contributed by atoms with Crippen LogP contribution in [0.5, 0.6) is 0 Å². The zero-order valence-corrected chi connectivity index (χ0v) is 13.6. The van der Waals surface area contributed by atoms with Crippen LogP contribution in [-0.2, 0) is 9.59 Å². The Labute approximate surface area is 127 Å². The molecule has 2 rings (SSSR count). The van der Waals surface area contributed by atoms with Gasteiger partial charge in [0.2, 0.25) is 11.8 Å². The lowest BCUT2D eigenvalue weighted by atomic mass is 9.76. The van der Waals surface area contributed by atoms with Gasteiger partial charge < -0.3 is 15.5 Å². The van der Waals surface area contributed by atoms with Crippen molar-refractivity contribution in [2.75, 3.05) is 27.2 Å². The maximum atomic E-state index is 12.7. The van der Waals surface area contributed by atoms with Gasteiger partial charge in [0.1, 0.15) is 0 Å². The fourth-order valence-corrected chi connectivity index (χ4v) is 3.80. The summed E-state index contributed by atoms with van der Waals surface area (Å²) >= 11 is 0. The van der Waals surface area contributed by atoms with E-state index in [0.717, 1.165) is 32.1 Å². The van der Waals surface area contributed by atoms with Crippen LogP contribution < -0.4 is 5.73 Å². The molecule has 1 heterocycles. The highest BCUT2D eigenvalue weighted by molar-refractivity contribution is 5.86. The van der Waals surface area contributed by atoms with Crippen molar-refractivity contribution in [3.63, 3.8) is 0 Å². The molecule has 5 nitrogen and oxygen atoms in total. The van der Waals surface area contributed by atoms with Crippen molar-refractivity contribution in [3.05, 3.63) is 0 Å². The van der Waals surface area contributed by atoms with Gasteiger partial charge in [-0.3, -0.25) is 9.59 Å². The minimum absolute atomic E-state index is 0.0584. The molecule has 0 spiro atoms. The molecule has 1 saturated carbocycles.